The van der Waals surface area contributed by atoms with Gasteiger partial charge >= 0.3 is 0 Å². The van der Waals surface area contributed by atoms with E-state index in [1.807, 2.05) is 19.1 Å². The molecule has 2 aliphatic rings. The van der Waals surface area contributed by atoms with Crippen molar-refractivity contribution in [2.24, 2.45) is 5.92 Å². The number of unbranched alkanes of at least 4 members (excludes halogenated alkanes) is 1. The lowest BCUT2D eigenvalue weighted by Crippen LogP contribution is -2.40. The summed E-state index contributed by atoms with van der Waals surface area (Å²) in [5.74, 6) is 1.21. The van der Waals surface area contributed by atoms with Crippen LogP contribution in [0.25, 0.3) is 6.08 Å². The maximum absolute atomic E-state index is 13.5. The Hall–Kier alpha value is -2.93. The summed E-state index contributed by atoms with van der Waals surface area (Å²) in [5.41, 5.74) is 2.60. The van der Waals surface area contributed by atoms with Gasteiger partial charge in [-0.25, -0.2) is 0 Å². The van der Waals surface area contributed by atoms with E-state index in [1.54, 1.807) is 16.6 Å². The number of carbonyl (C=O) groups excluding carboxylic acids is 1. The Labute approximate surface area is 240 Å². The molecule has 4 rings (SSSR count). The van der Waals surface area contributed by atoms with Crippen LogP contribution in [0.2, 0.25) is 0 Å². The number of piperidine rings is 1. The third-order valence-electron chi connectivity index (χ3n) is 7.53. The van der Waals surface area contributed by atoms with Crippen LogP contribution in [0.5, 0.6) is 0 Å². The minimum atomic E-state index is -0.255. The molecule has 9 heteroatoms. The Morgan fingerprint density at radius 2 is 1.90 bits per heavy atom. The molecule has 0 N–H and O–H groups in total. The molecule has 2 fully saturated rings. The van der Waals surface area contributed by atoms with Gasteiger partial charge in [-0.2, -0.15) is 5.26 Å². The van der Waals surface area contributed by atoms with Crippen molar-refractivity contribution in [2.45, 2.75) is 52.5 Å². The summed E-state index contributed by atoms with van der Waals surface area (Å²) in [6.07, 6.45) is 6.65. The van der Waals surface area contributed by atoms with Crippen LogP contribution < -0.4 is 10.5 Å². The van der Waals surface area contributed by atoms with E-state index in [0.29, 0.717) is 40.4 Å². The number of hydrogen-bond donors (Lipinski definition) is 0. The molecule has 2 aromatic rings. The lowest BCUT2D eigenvalue weighted by atomic mass is 9.90. The van der Waals surface area contributed by atoms with Gasteiger partial charge in [-0.15, -0.1) is 0 Å². The van der Waals surface area contributed by atoms with Crippen molar-refractivity contribution >= 4 is 46.1 Å². The highest BCUT2D eigenvalue weighted by Gasteiger charge is 2.33. The molecule has 1 aromatic heterocycles. The van der Waals surface area contributed by atoms with E-state index in [-0.39, 0.29) is 17.0 Å². The molecule has 0 aliphatic carbocycles. The first-order valence-electron chi connectivity index (χ1n) is 13.6. The zero-order valence-electron chi connectivity index (χ0n) is 22.9. The number of amides is 1. The highest BCUT2D eigenvalue weighted by Crippen LogP contribution is 2.37. The topological polar surface area (TPSA) is 78.6 Å². The molecule has 2 aliphatic heterocycles. The molecule has 0 saturated carbocycles. The Morgan fingerprint density at radius 1 is 1.18 bits per heavy atom. The summed E-state index contributed by atoms with van der Waals surface area (Å²) in [4.78, 5) is 31.2. The highest BCUT2D eigenvalue weighted by atomic mass is 32.2. The van der Waals surface area contributed by atoms with Crippen LogP contribution in [0.1, 0.15) is 54.9 Å². The number of hydrogen-bond acceptors (Lipinski definition) is 7. The van der Waals surface area contributed by atoms with Gasteiger partial charge < -0.3 is 9.64 Å². The van der Waals surface area contributed by atoms with Gasteiger partial charge in [0.05, 0.1) is 18.1 Å². The Morgan fingerprint density at radius 3 is 2.54 bits per heavy atom. The monoisotopic (exact) mass is 564 g/mol. The first kappa shape index (κ1) is 29.1. The van der Waals surface area contributed by atoms with Gasteiger partial charge in [0.1, 0.15) is 21.8 Å². The number of rotatable bonds is 10. The first-order chi connectivity index (χ1) is 18.9. The van der Waals surface area contributed by atoms with Gasteiger partial charge in [-0.05, 0) is 55.7 Å². The van der Waals surface area contributed by atoms with Crippen LogP contribution in [0.4, 0.5) is 5.82 Å². The maximum Gasteiger partial charge on any atom is 0.270 e. The van der Waals surface area contributed by atoms with Crippen LogP contribution in [0.3, 0.4) is 0 Å². The Kier molecular flexibility index (Phi) is 10.0. The number of thioether (sulfide) groups is 1. The molecule has 1 aromatic carbocycles. The van der Waals surface area contributed by atoms with Crippen molar-refractivity contribution in [1.29, 1.82) is 5.26 Å². The van der Waals surface area contributed by atoms with Gasteiger partial charge in [-0.3, -0.25) is 19.1 Å². The number of nitrogens with zero attached hydrogens (tertiary/aromatic N) is 4. The molecule has 0 bridgehead atoms. The van der Waals surface area contributed by atoms with Crippen molar-refractivity contribution < 1.29 is 9.53 Å². The number of aromatic nitrogens is 1. The van der Waals surface area contributed by atoms with Crippen LogP contribution in [-0.2, 0) is 22.5 Å². The minimum absolute atomic E-state index is 0.134. The number of ether oxygens (including phenoxy) is 1. The fraction of sp³-hybridized carbons (Fsp3) is 0.467. The molecule has 0 atom stereocenters. The van der Waals surface area contributed by atoms with Crippen molar-refractivity contribution in [3.63, 3.8) is 0 Å². The lowest BCUT2D eigenvalue weighted by Gasteiger charge is -2.36. The average molecular weight is 565 g/mol. The lowest BCUT2D eigenvalue weighted by molar-refractivity contribution is -0.122. The molecule has 0 radical (unpaired) electrons. The third kappa shape index (κ3) is 6.46. The zero-order valence-corrected chi connectivity index (χ0v) is 24.6. The van der Waals surface area contributed by atoms with E-state index < -0.39 is 0 Å². The van der Waals surface area contributed by atoms with Gasteiger partial charge in [0.25, 0.3) is 11.5 Å². The number of methoxy groups -OCH3 is 1. The SMILES string of the molecule is CCCCn1c(N2CCC(Cc3ccccc3)CC2)c(/C=C2\SC(=S)N(CCOC)C2=O)c(C)c(C#N)c1=O. The average Bonchev–Trinajstić information content (AvgIpc) is 3.21. The van der Waals surface area contributed by atoms with Crippen molar-refractivity contribution in [3.8, 4) is 6.07 Å². The number of anilines is 1. The first-order valence-corrected chi connectivity index (χ1v) is 14.8. The number of thiocarbonyl (C=S) groups is 1. The summed E-state index contributed by atoms with van der Waals surface area (Å²) in [6, 6.07) is 12.7. The second-order valence-electron chi connectivity index (χ2n) is 10.1. The molecular formula is C30H36N4O3S2. The summed E-state index contributed by atoms with van der Waals surface area (Å²) in [5, 5.41) is 9.93. The number of carbonyl (C=O) groups is 1. The fourth-order valence-corrected chi connectivity index (χ4v) is 6.60. The summed E-state index contributed by atoms with van der Waals surface area (Å²) >= 11 is 6.75. The summed E-state index contributed by atoms with van der Waals surface area (Å²) < 4.78 is 7.41. The Balaban J connectivity index is 1.73. The molecule has 39 heavy (non-hydrogen) atoms. The van der Waals surface area contributed by atoms with Crippen LogP contribution >= 0.6 is 24.0 Å². The molecule has 0 spiro atoms. The summed E-state index contributed by atoms with van der Waals surface area (Å²) in [6.45, 7) is 6.83. The second kappa shape index (κ2) is 13.4. The minimum Gasteiger partial charge on any atom is -0.383 e. The van der Waals surface area contributed by atoms with Gasteiger partial charge in [0, 0.05) is 32.3 Å². The van der Waals surface area contributed by atoms with Gasteiger partial charge in [-0.1, -0.05) is 67.7 Å². The van der Waals surface area contributed by atoms with Crippen LogP contribution in [0.15, 0.2) is 40.0 Å². The third-order valence-corrected chi connectivity index (χ3v) is 8.91. The second-order valence-corrected chi connectivity index (χ2v) is 11.8. The standard InChI is InChI=1S/C30H36N4O3S2/c1-4-5-13-33-27(32-14-11-23(12-15-32)18-22-9-7-6-8-10-22)24(21(2)25(20-31)28(33)35)19-26-29(36)34(16-17-37-3)30(38)39-26/h6-10,19,23H,4-5,11-18H2,1-3H3/b26-19-. The maximum atomic E-state index is 13.5. The molecule has 1 amide bonds. The fourth-order valence-electron chi connectivity index (χ4n) is 5.31. The molecule has 3 heterocycles. The predicted octanol–water partition coefficient (Wildman–Crippen LogP) is 5.14. The van der Waals surface area contributed by atoms with Gasteiger partial charge in [0.15, 0.2) is 0 Å². The van der Waals surface area contributed by atoms with Crippen molar-refractivity contribution in [2.75, 3.05) is 38.3 Å². The van der Waals surface area contributed by atoms with Crippen LogP contribution in [0, 0.1) is 24.2 Å². The van der Waals surface area contributed by atoms with Crippen molar-refractivity contribution in [3.05, 3.63) is 67.8 Å². The number of benzene rings is 1. The van der Waals surface area contributed by atoms with E-state index in [1.165, 1.54) is 17.3 Å². The smallest absolute Gasteiger partial charge is 0.270 e. The van der Waals surface area contributed by atoms with E-state index >= 15 is 0 Å². The molecular weight excluding hydrogens is 528 g/mol. The van der Waals surface area contributed by atoms with Crippen molar-refractivity contribution in [1.82, 2.24) is 9.47 Å². The largest absolute Gasteiger partial charge is 0.383 e. The van der Waals surface area contributed by atoms with E-state index in [4.69, 9.17) is 17.0 Å². The molecule has 0 unspecified atom stereocenters. The number of pyridine rings is 1. The van der Waals surface area contributed by atoms with E-state index in [9.17, 15) is 14.9 Å². The predicted molar refractivity (Wildman–Crippen MR) is 162 cm³/mol. The Bertz CT molecular complexity index is 1340. The van der Waals surface area contributed by atoms with E-state index in [2.05, 4.69) is 42.2 Å². The molecule has 206 valence electrons. The molecule has 7 nitrogen and oxygen atoms in total. The number of nitriles is 1. The van der Waals surface area contributed by atoms with Gasteiger partial charge in [0.2, 0.25) is 0 Å². The summed E-state index contributed by atoms with van der Waals surface area (Å²) in [7, 11) is 1.59. The molecule has 2 saturated heterocycles. The normalized spacial score (nSPS) is 17.3. The quantitative estimate of drug-likeness (QED) is 0.292. The van der Waals surface area contributed by atoms with E-state index in [0.717, 1.165) is 56.6 Å². The van der Waals surface area contributed by atoms with Crippen LogP contribution in [-0.4, -0.2) is 53.0 Å². The zero-order chi connectivity index (χ0) is 27.9. The highest BCUT2D eigenvalue weighted by molar-refractivity contribution is 8.26.